The Hall–Kier alpha value is -3.70. The van der Waals surface area contributed by atoms with Crippen LogP contribution in [0.2, 0.25) is 5.02 Å². The highest BCUT2D eigenvalue weighted by atomic mass is 35.5. The van der Waals surface area contributed by atoms with Gasteiger partial charge in [0.25, 0.3) is 5.91 Å². The molecule has 4 aromatic rings. The lowest BCUT2D eigenvalue weighted by Gasteiger charge is -2.02. The van der Waals surface area contributed by atoms with Gasteiger partial charge in [-0.2, -0.15) is 0 Å². The third kappa shape index (κ3) is 3.22. The van der Waals surface area contributed by atoms with Gasteiger partial charge in [-0.1, -0.05) is 71.4 Å². The number of aromatic nitrogens is 3. The Kier molecular flexibility index (Phi) is 4.22. The minimum atomic E-state index is -0.0852. The van der Waals surface area contributed by atoms with Crippen LogP contribution in [0.3, 0.4) is 0 Å². The Morgan fingerprint density at radius 1 is 0.931 bits per heavy atom. The van der Waals surface area contributed by atoms with Crippen molar-refractivity contribution < 1.29 is 4.79 Å². The van der Waals surface area contributed by atoms with Gasteiger partial charge in [0.15, 0.2) is 0 Å². The third-order valence-electron chi connectivity index (χ3n) is 4.82. The molecule has 0 spiro atoms. The van der Waals surface area contributed by atoms with Gasteiger partial charge >= 0.3 is 0 Å². The van der Waals surface area contributed by atoms with Crippen LogP contribution in [0.15, 0.2) is 79.0 Å². The fourth-order valence-electron chi connectivity index (χ4n) is 3.35. The van der Waals surface area contributed by atoms with E-state index in [1.165, 1.54) is 0 Å². The smallest absolute Gasteiger partial charge is 0.256 e. The summed E-state index contributed by atoms with van der Waals surface area (Å²) in [7, 11) is 0. The molecule has 5 rings (SSSR count). The molecule has 1 aliphatic rings. The van der Waals surface area contributed by atoms with Crippen molar-refractivity contribution in [1.82, 2.24) is 15.0 Å². The number of hydrogen-bond acceptors (Lipinski definition) is 3. The Morgan fingerprint density at radius 3 is 2.52 bits per heavy atom. The summed E-state index contributed by atoms with van der Waals surface area (Å²) in [5, 5.41) is 11.9. The topological polar surface area (TPSA) is 59.8 Å². The second kappa shape index (κ2) is 7.04. The lowest BCUT2D eigenvalue weighted by Crippen LogP contribution is -2.03. The second-order valence-corrected chi connectivity index (χ2v) is 7.09. The molecule has 3 aromatic carbocycles. The van der Waals surface area contributed by atoms with E-state index in [4.69, 9.17) is 11.6 Å². The quantitative estimate of drug-likeness (QED) is 0.489. The zero-order chi connectivity index (χ0) is 19.8. The number of carbonyl (C=O) groups is 1. The average Bonchev–Trinajstić information content (AvgIpc) is 3.34. The number of benzene rings is 3. The number of fused-ring (bicyclic) bond motifs is 1. The zero-order valence-electron chi connectivity index (χ0n) is 15.2. The van der Waals surface area contributed by atoms with Crippen molar-refractivity contribution in [2.75, 3.05) is 5.32 Å². The predicted octanol–water partition coefficient (Wildman–Crippen LogP) is 5.08. The summed E-state index contributed by atoms with van der Waals surface area (Å²) < 4.78 is 1.66. The molecule has 0 bridgehead atoms. The van der Waals surface area contributed by atoms with Crippen LogP contribution in [0.5, 0.6) is 0 Å². The SMILES string of the molecule is O=C1Nc2ccccc2/C1=C/c1ccc(-c2cn(-c3ccccc3Cl)nn2)cc1. The maximum Gasteiger partial charge on any atom is 0.256 e. The molecule has 1 aliphatic heterocycles. The van der Waals surface area contributed by atoms with E-state index in [9.17, 15) is 4.79 Å². The zero-order valence-corrected chi connectivity index (χ0v) is 16.0. The number of nitrogens with zero attached hydrogens (tertiary/aromatic N) is 3. The summed E-state index contributed by atoms with van der Waals surface area (Å²) in [4.78, 5) is 12.3. The third-order valence-corrected chi connectivity index (χ3v) is 5.14. The van der Waals surface area contributed by atoms with Crippen LogP contribution in [0.25, 0.3) is 28.6 Å². The molecule has 29 heavy (non-hydrogen) atoms. The number of nitrogens with one attached hydrogen (secondary N) is 1. The molecule has 0 radical (unpaired) electrons. The number of halogens is 1. The van der Waals surface area contributed by atoms with E-state index in [1.54, 1.807) is 4.68 Å². The van der Waals surface area contributed by atoms with Gasteiger partial charge in [-0.3, -0.25) is 4.79 Å². The molecule has 0 saturated heterocycles. The van der Waals surface area contributed by atoms with Crippen molar-refractivity contribution in [3.8, 4) is 16.9 Å². The Morgan fingerprint density at radius 2 is 1.69 bits per heavy atom. The lowest BCUT2D eigenvalue weighted by atomic mass is 10.0. The van der Waals surface area contributed by atoms with Crippen molar-refractivity contribution in [3.63, 3.8) is 0 Å². The first kappa shape index (κ1) is 17.4. The van der Waals surface area contributed by atoms with Crippen molar-refractivity contribution in [1.29, 1.82) is 0 Å². The van der Waals surface area contributed by atoms with E-state index in [1.807, 2.05) is 85.1 Å². The second-order valence-electron chi connectivity index (χ2n) is 6.68. The molecule has 1 aromatic heterocycles. The summed E-state index contributed by atoms with van der Waals surface area (Å²) >= 11 is 6.24. The summed E-state index contributed by atoms with van der Waals surface area (Å²) in [6.45, 7) is 0. The normalized spacial score (nSPS) is 14.1. The monoisotopic (exact) mass is 398 g/mol. The van der Waals surface area contributed by atoms with Crippen molar-refractivity contribution in [3.05, 3.63) is 95.1 Å². The molecule has 0 saturated carbocycles. The molecule has 2 heterocycles. The maximum absolute atomic E-state index is 12.3. The van der Waals surface area contributed by atoms with Crippen LogP contribution >= 0.6 is 11.6 Å². The van der Waals surface area contributed by atoms with Crippen LogP contribution in [0.1, 0.15) is 11.1 Å². The molecular formula is C23H15ClN4O. The molecule has 0 aliphatic carbocycles. The minimum Gasteiger partial charge on any atom is -0.321 e. The molecule has 140 valence electrons. The standard InChI is InChI=1S/C23H15ClN4O/c24-19-6-2-4-8-22(19)28-14-21(26-27-28)16-11-9-15(10-12-16)13-18-17-5-1-3-7-20(17)25-23(18)29/h1-14H,(H,25,29)/b18-13-. The molecule has 6 heteroatoms. The van der Waals surface area contributed by atoms with E-state index in [2.05, 4.69) is 15.6 Å². The van der Waals surface area contributed by atoms with Crippen molar-refractivity contribution >= 4 is 34.8 Å². The van der Waals surface area contributed by atoms with E-state index in [-0.39, 0.29) is 5.91 Å². The van der Waals surface area contributed by atoms with E-state index in [0.717, 1.165) is 33.8 Å². The Balaban J connectivity index is 1.43. The van der Waals surface area contributed by atoms with Crippen LogP contribution < -0.4 is 5.32 Å². The first-order valence-corrected chi connectivity index (χ1v) is 9.47. The average molecular weight is 399 g/mol. The summed E-state index contributed by atoms with van der Waals surface area (Å²) in [6.07, 6.45) is 3.74. The summed E-state index contributed by atoms with van der Waals surface area (Å²) in [6, 6.07) is 23.0. The van der Waals surface area contributed by atoms with Gasteiger partial charge < -0.3 is 5.32 Å². The largest absolute Gasteiger partial charge is 0.321 e. The van der Waals surface area contributed by atoms with E-state index < -0.39 is 0 Å². The number of carbonyl (C=O) groups excluding carboxylic acids is 1. The van der Waals surface area contributed by atoms with E-state index in [0.29, 0.717) is 10.6 Å². The fourth-order valence-corrected chi connectivity index (χ4v) is 3.57. The molecule has 1 N–H and O–H groups in total. The summed E-state index contributed by atoms with van der Waals surface area (Å²) in [5.41, 5.74) is 5.82. The Bertz CT molecular complexity index is 1260. The first-order chi connectivity index (χ1) is 14.2. The molecule has 0 unspecified atom stereocenters. The van der Waals surface area contributed by atoms with Crippen LogP contribution in [-0.4, -0.2) is 20.9 Å². The molecule has 1 amide bonds. The number of para-hydroxylation sites is 2. The van der Waals surface area contributed by atoms with Crippen molar-refractivity contribution in [2.45, 2.75) is 0 Å². The van der Waals surface area contributed by atoms with Gasteiger partial charge in [0.2, 0.25) is 0 Å². The predicted molar refractivity (Wildman–Crippen MR) is 115 cm³/mol. The van der Waals surface area contributed by atoms with Gasteiger partial charge in [-0.25, -0.2) is 4.68 Å². The van der Waals surface area contributed by atoms with Gasteiger partial charge in [-0.05, 0) is 29.8 Å². The van der Waals surface area contributed by atoms with Crippen LogP contribution in [-0.2, 0) is 4.79 Å². The van der Waals surface area contributed by atoms with Gasteiger partial charge in [-0.15, -0.1) is 5.10 Å². The Labute approximate surface area is 172 Å². The van der Waals surface area contributed by atoms with Gasteiger partial charge in [0.1, 0.15) is 5.69 Å². The van der Waals surface area contributed by atoms with Gasteiger partial charge in [0.05, 0.1) is 16.9 Å². The number of rotatable bonds is 3. The minimum absolute atomic E-state index is 0.0852. The lowest BCUT2D eigenvalue weighted by molar-refractivity contribution is -0.110. The van der Waals surface area contributed by atoms with Crippen molar-refractivity contribution in [2.24, 2.45) is 0 Å². The van der Waals surface area contributed by atoms with Crippen LogP contribution in [0, 0.1) is 0 Å². The number of amides is 1. The van der Waals surface area contributed by atoms with Crippen LogP contribution in [0.4, 0.5) is 5.69 Å². The van der Waals surface area contributed by atoms with Gasteiger partial charge in [0, 0.05) is 22.4 Å². The highest BCUT2D eigenvalue weighted by molar-refractivity contribution is 6.35. The fraction of sp³-hybridized carbons (Fsp3) is 0. The number of anilines is 1. The first-order valence-electron chi connectivity index (χ1n) is 9.09. The van der Waals surface area contributed by atoms with E-state index >= 15 is 0 Å². The molecule has 0 fully saturated rings. The molecular weight excluding hydrogens is 384 g/mol. The molecule has 0 atom stereocenters. The highest BCUT2D eigenvalue weighted by Gasteiger charge is 2.23. The highest BCUT2D eigenvalue weighted by Crippen LogP contribution is 2.33. The maximum atomic E-state index is 12.3. The number of hydrogen-bond donors (Lipinski definition) is 1. The summed E-state index contributed by atoms with van der Waals surface area (Å²) in [5.74, 6) is -0.0852. The molecule has 5 nitrogen and oxygen atoms in total.